The Morgan fingerprint density at radius 2 is 2.31 bits per heavy atom. The fourth-order valence-corrected chi connectivity index (χ4v) is 1.35. The Hall–Kier alpha value is -0.470. The van der Waals surface area contributed by atoms with E-state index in [9.17, 15) is 0 Å². The van der Waals surface area contributed by atoms with Crippen molar-refractivity contribution in [2.75, 3.05) is 11.9 Å². The highest BCUT2D eigenvalue weighted by Crippen LogP contribution is 2.25. The summed E-state index contributed by atoms with van der Waals surface area (Å²) in [6, 6.07) is 5.81. The van der Waals surface area contributed by atoms with Crippen molar-refractivity contribution < 1.29 is 0 Å². The van der Waals surface area contributed by atoms with E-state index in [0.717, 1.165) is 28.1 Å². The summed E-state index contributed by atoms with van der Waals surface area (Å²) < 4.78 is 0.920. The first-order valence-electron chi connectivity index (χ1n) is 4.04. The highest BCUT2D eigenvalue weighted by Gasteiger charge is 1.97. The van der Waals surface area contributed by atoms with Crippen LogP contribution in [0.25, 0.3) is 0 Å². The lowest BCUT2D eigenvalue weighted by atomic mass is 10.3. The van der Waals surface area contributed by atoms with Crippen molar-refractivity contribution in [2.45, 2.75) is 6.42 Å². The Kier molecular flexibility index (Phi) is 4.33. The normalized spacial score (nSPS) is 9.69. The fraction of sp³-hybridized carbons (Fsp3) is 0.200. The fourth-order valence-electron chi connectivity index (χ4n) is 0.925. The van der Waals surface area contributed by atoms with Crippen molar-refractivity contribution in [3.05, 3.63) is 40.3 Å². The molecule has 0 fully saturated rings. The quantitative estimate of drug-likeness (QED) is 0.635. The van der Waals surface area contributed by atoms with Crippen molar-refractivity contribution >= 4 is 33.2 Å². The molecule has 1 rings (SSSR count). The van der Waals surface area contributed by atoms with Crippen LogP contribution >= 0.6 is 27.5 Å². The summed E-state index contributed by atoms with van der Waals surface area (Å²) in [4.78, 5) is 0. The SMILES string of the molecule is C=CCCNc1ccc(Br)c(Cl)c1. The van der Waals surface area contributed by atoms with Gasteiger partial charge in [-0.2, -0.15) is 0 Å². The molecule has 13 heavy (non-hydrogen) atoms. The van der Waals surface area contributed by atoms with Crippen LogP contribution in [-0.4, -0.2) is 6.54 Å². The number of benzene rings is 1. The van der Waals surface area contributed by atoms with Crippen LogP contribution in [0.2, 0.25) is 5.02 Å². The standard InChI is InChI=1S/C10H11BrClN/c1-2-3-6-13-8-4-5-9(11)10(12)7-8/h2,4-5,7,13H,1,3,6H2. The minimum atomic E-state index is 0.726. The smallest absolute Gasteiger partial charge is 0.0568 e. The van der Waals surface area contributed by atoms with Crippen LogP contribution in [-0.2, 0) is 0 Å². The molecule has 1 nitrogen and oxygen atoms in total. The van der Waals surface area contributed by atoms with Gasteiger partial charge in [0, 0.05) is 16.7 Å². The van der Waals surface area contributed by atoms with Crippen LogP contribution in [0.4, 0.5) is 5.69 Å². The van der Waals surface area contributed by atoms with Gasteiger partial charge in [0.25, 0.3) is 0 Å². The van der Waals surface area contributed by atoms with E-state index in [4.69, 9.17) is 11.6 Å². The molecular weight excluding hydrogens is 249 g/mol. The molecule has 0 atom stereocenters. The molecule has 0 spiro atoms. The van der Waals surface area contributed by atoms with Gasteiger partial charge in [0.05, 0.1) is 5.02 Å². The van der Waals surface area contributed by atoms with Crippen LogP contribution in [0, 0.1) is 0 Å². The molecule has 0 amide bonds. The van der Waals surface area contributed by atoms with Crippen molar-refractivity contribution in [1.29, 1.82) is 0 Å². The number of halogens is 2. The van der Waals surface area contributed by atoms with Gasteiger partial charge in [0.15, 0.2) is 0 Å². The zero-order chi connectivity index (χ0) is 9.68. The summed E-state index contributed by atoms with van der Waals surface area (Å²) in [7, 11) is 0. The predicted molar refractivity (Wildman–Crippen MR) is 62.5 cm³/mol. The average molecular weight is 261 g/mol. The highest BCUT2D eigenvalue weighted by atomic mass is 79.9. The maximum atomic E-state index is 5.92. The van der Waals surface area contributed by atoms with Gasteiger partial charge in [-0.25, -0.2) is 0 Å². The molecule has 0 aromatic heterocycles. The number of nitrogens with one attached hydrogen (secondary N) is 1. The third-order valence-electron chi connectivity index (χ3n) is 1.60. The summed E-state index contributed by atoms with van der Waals surface area (Å²) in [5, 5.41) is 3.96. The average Bonchev–Trinajstić information content (AvgIpc) is 2.12. The third-order valence-corrected chi connectivity index (χ3v) is 2.83. The monoisotopic (exact) mass is 259 g/mol. The van der Waals surface area contributed by atoms with E-state index in [1.54, 1.807) is 0 Å². The first-order chi connectivity index (χ1) is 6.24. The van der Waals surface area contributed by atoms with E-state index >= 15 is 0 Å². The lowest BCUT2D eigenvalue weighted by molar-refractivity contribution is 1.07. The van der Waals surface area contributed by atoms with Crippen molar-refractivity contribution in [3.8, 4) is 0 Å². The van der Waals surface area contributed by atoms with Gasteiger partial charge in [-0.15, -0.1) is 6.58 Å². The minimum Gasteiger partial charge on any atom is -0.385 e. The number of rotatable bonds is 4. The van der Waals surface area contributed by atoms with Gasteiger partial charge < -0.3 is 5.32 Å². The summed E-state index contributed by atoms with van der Waals surface area (Å²) >= 11 is 9.25. The lowest BCUT2D eigenvalue weighted by Gasteiger charge is -2.05. The second kappa shape index (κ2) is 5.30. The molecule has 0 aliphatic heterocycles. The molecule has 1 aromatic carbocycles. The summed E-state index contributed by atoms with van der Waals surface area (Å²) in [5.74, 6) is 0. The number of anilines is 1. The van der Waals surface area contributed by atoms with Gasteiger partial charge in [0.2, 0.25) is 0 Å². The number of hydrogen-bond acceptors (Lipinski definition) is 1. The molecule has 0 aliphatic carbocycles. The topological polar surface area (TPSA) is 12.0 Å². The molecule has 1 N–H and O–H groups in total. The molecule has 0 radical (unpaired) electrons. The Balaban J connectivity index is 2.57. The Bertz CT molecular complexity index is 299. The molecule has 0 heterocycles. The van der Waals surface area contributed by atoms with Gasteiger partial charge in [-0.3, -0.25) is 0 Å². The molecule has 0 aliphatic rings. The van der Waals surface area contributed by atoms with Crippen molar-refractivity contribution in [3.63, 3.8) is 0 Å². The van der Waals surface area contributed by atoms with E-state index in [1.165, 1.54) is 0 Å². The molecular formula is C10H11BrClN. The largest absolute Gasteiger partial charge is 0.385 e. The van der Waals surface area contributed by atoms with E-state index in [1.807, 2.05) is 24.3 Å². The minimum absolute atomic E-state index is 0.726. The van der Waals surface area contributed by atoms with Crippen LogP contribution in [0.1, 0.15) is 6.42 Å². The predicted octanol–water partition coefficient (Wildman–Crippen LogP) is 4.09. The van der Waals surface area contributed by atoms with Gasteiger partial charge in [-0.1, -0.05) is 17.7 Å². The molecule has 0 saturated heterocycles. The highest BCUT2D eigenvalue weighted by molar-refractivity contribution is 9.10. The van der Waals surface area contributed by atoms with Gasteiger partial charge >= 0.3 is 0 Å². The Morgan fingerprint density at radius 3 is 2.92 bits per heavy atom. The van der Waals surface area contributed by atoms with Crippen LogP contribution in [0.5, 0.6) is 0 Å². The third kappa shape index (κ3) is 3.41. The van der Waals surface area contributed by atoms with Crippen LogP contribution in [0.3, 0.4) is 0 Å². The van der Waals surface area contributed by atoms with Crippen LogP contribution < -0.4 is 5.32 Å². The van der Waals surface area contributed by atoms with E-state index < -0.39 is 0 Å². The van der Waals surface area contributed by atoms with Crippen LogP contribution in [0.15, 0.2) is 35.3 Å². The Labute approximate surface area is 91.9 Å². The summed E-state index contributed by atoms with van der Waals surface area (Å²) in [6.07, 6.45) is 2.83. The second-order valence-corrected chi connectivity index (χ2v) is 3.89. The molecule has 1 aromatic rings. The molecule has 0 unspecified atom stereocenters. The second-order valence-electron chi connectivity index (χ2n) is 2.63. The summed E-state index contributed by atoms with van der Waals surface area (Å²) in [6.45, 7) is 4.54. The maximum Gasteiger partial charge on any atom is 0.0568 e. The zero-order valence-corrected chi connectivity index (χ0v) is 9.53. The van der Waals surface area contributed by atoms with Gasteiger partial charge in [0.1, 0.15) is 0 Å². The van der Waals surface area contributed by atoms with E-state index in [2.05, 4.69) is 27.8 Å². The first-order valence-corrected chi connectivity index (χ1v) is 5.21. The molecule has 0 bridgehead atoms. The molecule has 70 valence electrons. The van der Waals surface area contributed by atoms with Gasteiger partial charge in [-0.05, 0) is 40.5 Å². The zero-order valence-electron chi connectivity index (χ0n) is 7.19. The number of hydrogen-bond donors (Lipinski definition) is 1. The first kappa shape index (κ1) is 10.6. The Morgan fingerprint density at radius 1 is 1.54 bits per heavy atom. The maximum absolute atomic E-state index is 5.92. The van der Waals surface area contributed by atoms with Crippen molar-refractivity contribution in [2.24, 2.45) is 0 Å². The summed E-state index contributed by atoms with van der Waals surface area (Å²) in [5.41, 5.74) is 1.04. The lowest BCUT2D eigenvalue weighted by Crippen LogP contribution is -1.99. The van der Waals surface area contributed by atoms with E-state index in [-0.39, 0.29) is 0 Å². The molecule has 0 saturated carbocycles. The van der Waals surface area contributed by atoms with E-state index in [0.29, 0.717) is 0 Å². The van der Waals surface area contributed by atoms with Crippen molar-refractivity contribution in [1.82, 2.24) is 0 Å². The molecule has 3 heteroatoms.